The Balaban J connectivity index is 0.00000119. The fraction of sp³-hybridized carbons (Fsp3) is 0.565. The second kappa shape index (κ2) is 9.33. The van der Waals surface area contributed by atoms with Crippen LogP contribution in [0.25, 0.3) is 0 Å². The number of rotatable bonds is 5. The smallest absolute Gasteiger partial charge is 0.331 e. The number of carbonyl (C=O) groups excluding carboxylic acids is 1. The lowest BCUT2D eigenvalue weighted by Crippen LogP contribution is -2.49. The van der Waals surface area contributed by atoms with Gasteiger partial charge in [0.15, 0.2) is 21.6 Å². The van der Waals surface area contributed by atoms with Crippen LogP contribution in [0.2, 0.25) is 0 Å². The summed E-state index contributed by atoms with van der Waals surface area (Å²) in [7, 11) is 1.61. The number of aromatic nitrogens is 2. The van der Waals surface area contributed by atoms with Gasteiger partial charge in [0.1, 0.15) is 0 Å². The number of methoxy groups -OCH3 is 1. The zero-order valence-corrected chi connectivity index (χ0v) is 20.1. The first-order chi connectivity index (χ1) is 15.5. The lowest BCUT2D eigenvalue weighted by molar-refractivity contribution is -0.206. The van der Waals surface area contributed by atoms with Crippen molar-refractivity contribution < 1.29 is 18.5 Å². The summed E-state index contributed by atoms with van der Waals surface area (Å²) in [6.07, 6.45) is 6.31. The highest BCUT2D eigenvalue weighted by Crippen LogP contribution is 2.38. The predicted octanol–water partition coefficient (Wildman–Crippen LogP) is 3.14. The van der Waals surface area contributed by atoms with Gasteiger partial charge in [-0.15, -0.1) is 0 Å². The minimum absolute atomic E-state index is 0.287. The summed E-state index contributed by atoms with van der Waals surface area (Å²) in [5.41, 5.74) is 6.30. The molecule has 0 radical (unpaired) electrons. The molecule has 0 spiro atoms. The molecule has 1 aromatic carbocycles. The monoisotopic (exact) mass is 460 g/mol. The van der Waals surface area contributed by atoms with E-state index in [4.69, 9.17) is 9.47 Å². The van der Waals surface area contributed by atoms with Crippen LogP contribution in [0.4, 0.5) is 10.5 Å². The molecule has 2 aromatic rings. The van der Waals surface area contributed by atoms with E-state index >= 15 is 0 Å². The Hall–Kier alpha value is -2.23. The third-order valence-electron chi connectivity index (χ3n) is 6.47. The molecule has 0 bridgehead atoms. The zero-order valence-electron chi connectivity index (χ0n) is 19.2. The molecule has 3 aliphatic rings. The molecular formula is C23H32N4O4S. The van der Waals surface area contributed by atoms with Crippen LogP contribution in [0.1, 0.15) is 54.6 Å². The number of amides is 2. The Bertz CT molecular complexity index is 1010. The summed E-state index contributed by atoms with van der Waals surface area (Å²) in [5, 5.41) is 7.61. The molecule has 2 N–H and O–H groups in total. The largest absolute Gasteiger partial charge is 0.374 e. The molecule has 8 nitrogen and oxygen atoms in total. The van der Waals surface area contributed by atoms with Crippen molar-refractivity contribution in [3.8, 4) is 0 Å². The van der Waals surface area contributed by atoms with Crippen molar-refractivity contribution in [2.75, 3.05) is 25.6 Å². The minimum Gasteiger partial charge on any atom is -0.374 e. The number of urea groups is 1. The fourth-order valence-corrected chi connectivity index (χ4v) is 5.60. The molecule has 1 unspecified atom stereocenters. The number of aryl methyl sites for hydroxylation is 3. The van der Waals surface area contributed by atoms with Crippen LogP contribution in [-0.2, 0) is 58.8 Å². The van der Waals surface area contributed by atoms with E-state index in [1.54, 1.807) is 24.9 Å². The highest BCUT2D eigenvalue weighted by molar-refractivity contribution is 7.83. The Kier molecular flexibility index (Phi) is 6.69. The second-order valence-electron chi connectivity index (χ2n) is 8.24. The number of hydrogen-bond donors (Lipinski definition) is 2. The maximum atomic E-state index is 12.8. The third-order valence-corrected chi connectivity index (χ3v) is 7.42. The van der Waals surface area contributed by atoms with Gasteiger partial charge < -0.3 is 14.8 Å². The number of benzene rings is 1. The van der Waals surface area contributed by atoms with Crippen LogP contribution >= 0.6 is 0 Å². The van der Waals surface area contributed by atoms with Crippen LogP contribution in [0, 0.1) is 0 Å². The molecule has 2 aliphatic carbocycles. The van der Waals surface area contributed by atoms with E-state index in [0.717, 1.165) is 49.9 Å². The molecule has 1 aromatic heterocycles. The Labute approximate surface area is 191 Å². The van der Waals surface area contributed by atoms with Gasteiger partial charge in [0, 0.05) is 25.9 Å². The van der Waals surface area contributed by atoms with E-state index in [1.807, 2.05) is 13.8 Å². The van der Waals surface area contributed by atoms with E-state index in [0.29, 0.717) is 13.2 Å². The van der Waals surface area contributed by atoms with E-state index in [1.165, 1.54) is 22.3 Å². The van der Waals surface area contributed by atoms with Gasteiger partial charge in [0.05, 0.1) is 18.9 Å². The van der Waals surface area contributed by atoms with Gasteiger partial charge in [-0.05, 0) is 60.8 Å². The number of nitrogens with one attached hydrogen (secondary N) is 2. The van der Waals surface area contributed by atoms with Crippen molar-refractivity contribution >= 4 is 22.7 Å². The van der Waals surface area contributed by atoms with Crippen molar-refractivity contribution in [2.24, 2.45) is 7.05 Å². The van der Waals surface area contributed by atoms with Crippen LogP contribution in [-0.4, -0.2) is 40.3 Å². The summed E-state index contributed by atoms with van der Waals surface area (Å²) in [6, 6.07) is 3.56. The first-order valence-corrected chi connectivity index (χ1v) is 12.5. The molecule has 5 rings (SSSR count). The van der Waals surface area contributed by atoms with Crippen molar-refractivity contribution in [3.63, 3.8) is 0 Å². The summed E-state index contributed by atoms with van der Waals surface area (Å²) in [4.78, 5) is 12.7. The molecular weight excluding hydrogens is 428 g/mol. The molecule has 2 amide bonds. The average Bonchev–Trinajstić information content (AvgIpc) is 3.49. The average molecular weight is 461 g/mol. The molecule has 1 fully saturated rings. The van der Waals surface area contributed by atoms with Crippen molar-refractivity contribution in [3.05, 3.63) is 40.1 Å². The first kappa shape index (κ1) is 22.9. The lowest BCUT2D eigenvalue weighted by Gasteiger charge is -2.39. The molecule has 0 saturated carbocycles. The summed E-state index contributed by atoms with van der Waals surface area (Å²) >= 11 is 0. The van der Waals surface area contributed by atoms with Gasteiger partial charge in [0.2, 0.25) is 0 Å². The van der Waals surface area contributed by atoms with Gasteiger partial charge >= 0.3 is 6.03 Å². The number of anilines is 1. The van der Waals surface area contributed by atoms with Crippen LogP contribution < -0.4 is 10.0 Å². The number of carbonyl (C=O) groups is 1. The quantitative estimate of drug-likeness (QED) is 0.715. The molecule has 32 heavy (non-hydrogen) atoms. The van der Waals surface area contributed by atoms with Crippen LogP contribution in [0.5, 0.6) is 0 Å². The van der Waals surface area contributed by atoms with Crippen molar-refractivity contribution in [2.45, 2.75) is 63.0 Å². The number of hydrogen-bond acceptors (Lipinski definition) is 5. The van der Waals surface area contributed by atoms with Gasteiger partial charge in [-0.2, -0.15) is 5.10 Å². The predicted molar refractivity (Wildman–Crippen MR) is 123 cm³/mol. The van der Waals surface area contributed by atoms with Crippen molar-refractivity contribution in [1.82, 2.24) is 14.5 Å². The van der Waals surface area contributed by atoms with E-state index < -0.39 is 22.6 Å². The van der Waals surface area contributed by atoms with E-state index in [-0.39, 0.29) is 5.03 Å². The molecule has 1 atom stereocenters. The van der Waals surface area contributed by atoms with Gasteiger partial charge in [-0.25, -0.2) is 9.00 Å². The molecule has 174 valence electrons. The SMILES string of the molecule is CC.COC1(c2cc(S(=O)NC(=O)Nc3c4c(cc5c3CCC5)CCC4)nn2C)COC1. The summed E-state index contributed by atoms with van der Waals surface area (Å²) in [5.74, 6) is 0. The molecule has 1 saturated heterocycles. The normalized spacial score (nSPS) is 18.6. The Morgan fingerprint density at radius 1 is 1.12 bits per heavy atom. The molecule has 2 heterocycles. The number of nitrogens with zero attached hydrogens (tertiary/aromatic N) is 2. The molecule has 1 aliphatic heterocycles. The maximum Gasteiger partial charge on any atom is 0.331 e. The topological polar surface area (TPSA) is 94.5 Å². The van der Waals surface area contributed by atoms with Gasteiger partial charge in [-0.3, -0.25) is 9.40 Å². The third kappa shape index (κ3) is 3.97. The maximum absolute atomic E-state index is 12.8. The fourth-order valence-electron chi connectivity index (χ4n) is 4.86. The van der Waals surface area contributed by atoms with Crippen LogP contribution in [0.3, 0.4) is 0 Å². The number of fused-ring (bicyclic) bond motifs is 2. The Morgan fingerprint density at radius 3 is 2.28 bits per heavy atom. The van der Waals surface area contributed by atoms with Gasteiger partial charge in [0.25, 0.3) is 0 Å². The van der Waals surface area contributed by atoms with E-state index in [2.05, 4.69) is 21.2 Å². The highest BCUT2D eigenvalue weighted by Gasteiger charge is 2.43. The highest BCUT2D eigenvalue weighted by atomic mass is 32.2. The second-order valence-corrected chi connectivity index (χ2v) is 9.40. The first-order valence-electron chi connectivity index (χ1n) is 11.3. The summed E-state index contributed by atoms with van der Waals surface area (Å²) < 4.78 is 27.9. The zero-order chi connectivity index (χ0) is 22.9. The minimum atomic E-state index is -1.78. The number of ether oxygens (including phenoxy) is 2. The van der Waals surface area contributed by atoms with Crippen molar-refractivity contribution in [1.29, 1.82) is 0 Å². The summed E-state index contributed by atoms with van der Waals surface area (Å²) in [6.45, 7) is 4.85. The standard InChI is InChI=1S/C21H26N4O4S.C2H6/c1-25-17(21(28-2)11-29-12-21)10-18(23-25)30(27)24-20(26)22-19-15-7-3-5-13(15)9-14-6-4-8-16(14)19;1-2/h9-10H,3-8,11-12H2,1-2H3,(H2,22,24,26);1-2H3. The van der Waals surface area contributed by atoms with Crippen LogP contribution in [0.15, 0.2) is 17.2 Å². The Morgan fingerprint density at radius 2 is 1.75 bits per heavy atom. The molecule has 9 heteroatoms. The van der Waals surface area contributed by atoms with E-state index in [9.17, 15) is 9.00 Å². The lowest BCUT2D eigenvalue weighted by atomic mass is 9.97. The van der Waals surface area contributed by atoms with Gasteiger partial charge in [-0.1, -0.05) is 19.9 Å².